The molecule has 0 aliphatic rings. The first kappa shape index (κ1) is 26.0. The lowest BCUT2D eigenvalue weighted by Crippen LogP contribution is -2.16. The van der Waals surface area contributed by atoms with Crippen LogP contribution in [0.25, 0.3) is 0 Å². The molecule has 3 N–H and O–H groups in total. The van der Waals surface area contributed by atoms with Gasteiger partial charge in [-0.15, -0.1) is 0 Å². The molecule has 1 aromatic carbocycles. The number of unbranched alkanes of at least 4 members (excludes halogenated alkanes) is 9. The van der Waals surface area contributed by atoms with Crippen molar-refractivity contribution < 1.29 is 14.7 Å². The van der Waals surface area contributed by atoms with Crippen LogP contribution in [-0.2, 0) is 18.3 Å². The van der Waals surface area contributed by atoms with Crippen LogP contribution in [0.3, 0.4) is 0 Å². The van der Waals surface area contributed by atoms with Crippen LogP contribution in [0.4, 0.5) is 0 Å². The van der Waals surface area contributed by atoms with Gasteiger partial charge in [-0.1, -0.05) is 101 Å². The van der Waals surface area contributed by atoms with Crippen LogP contribution in [0.1, 0.15) is 98.0 Å². The van der Waals surface area contributed by atoms with E-state index in [9.17, 15) is 14.7 Å². The molecule has 0 aliphatic carbocycles. The molecule has 32 heavy (non-hydrogen) atoms. The van der Waals surface area contributed by atoms with E-state index in [1.54, 1.807) is 11.6 Å². The molecule has 1 aromatic heterocycles. The largest absolute Gasteiger partial charge is 0.480 e. The number of rotatable bonds is 16. The van der Waals surface area contributed by atoms with Crippen molar-refractivity contribution in [2.75, 3.05) is 0 Å². The number of benzene rings is 1. The smallest absolute Gasteiger partial charge is 0.321 e. The second-order valence-corrected chi connectivity index (χ2v) is 9.39. The monoisotopic (exact) mass is 459 g/mol. The molecule has 1 unspecified atom stereocenters. The van der Waals surface area contributed by atoms with Crippen LogP contribution in [0, 0.1) is 0 Å². The van der Waals surface area contributed by atoms with Crippen LogP contribution in [0.5, 0.6) is 0 Å². The van der Waals surface area contributed by atoms with Gasteiger partial charge in [-0.3, -0.25) is 9.59 Å². The van der Waals surface area contributed by atoms with E-state index >= 15 is 0 Å². The maximum Gasteiger partial charge on any atom is 0.321 e. The van der Waals surface area contributed by atoms with Gasteiger partial charge in [0.1, 0.15) is 10.9 Å². The molecule has 176 valence electrons. The Bertz CT molecular complexity index is 866. The minimum absolute atomic E-state index is 0.260. The van der Waals surface area contributed by atoms with E-state index in [1.807, 2.05) is 24.3 Å². The Morgan fingerprint density at radius 3 is 2.19 bits per heavy atom. The molecule has 1 atom stereocenters. The van der Waals surface area contributed by atoms with E-state index in [-0.39, 0.29) is 5.69 Å². The number of imidazole rings is 1. The van der Waals surface area contributed by atoms with Crippen LogP contribution < -0.4 is 5.73 Å². The number of amides is 1. The molecule has 0 bridgehead atoms. The molecule has 0 radical (unpaired) electrons. The molecule has 1 heterocycles. The minimum atomic E-state index is -0.922. The van der Waals surface area contributed by atoms with Crippen molar-refractivity contribution in [2.45, 2.75) is 88.0 Å². The number of aryl methyl sites for hydroxylation is 1. The van der Waals surface area contributed by atoms with Gasteiger partial charge in [0.05, 0.1) is 6.20 Å². The van der Waals surface area contributed by atoms with Crippen molar-refractivity contribution in [3.8, 4) is 0 Å². The standard InChI is InChI=1S/C25H37N3O3S/c1-3-4-5-6-7-8-9-10-11-12-15-19-16-13-14-17-20(19)22(24(30)31)32-25-27-18-21(23(26)29)28(25)2/h13-14,16-18,22H,3-12,15H2,1-2H3,(H2,26,29)(H,30,31). The van der Waals surface area contributed by atoms with E-state index in [0.29, 0.717) is 5.16 Å². The first-order valence-electron chi connectivity index (χ1n) is 11.7. The lowest BCUT2D eigenvalue weighted by molar-refractivity contribution is -0.136. The van der Waals surface area contributed by atoms with Crippen molar-refractivity contribution >= 4 is 23.6 Å². The molecule has 0 fully saturated rings. The van der Waals surface area contributed by atoms with Gasteiger partial charge in [-0.05, 0) is 24.0 Å². The summed E-state index contributed by atoms with van der Waals surface area (Å²) < 4.78 is 1.55. The van der Waals surface area contributed by atoms with Crippen molar-refractivity contribution in [3.63, 3.8) is 0 Å². The summed E-state index contributed by atoms with van der Waals surface area (Å²) in [6.45, 7) is 2.24. The van der Waals surface area contributed by atoms with Gasteiger partial charge < -0.3 is 15.4 Å². The molecular formula is C25H37N3O3S. The first-order chi connectivity index (χ1) is 15.5. The highest BCUT2D eigenvalue weighted by atomic mass is 32.2. The average Bonchev–Trinajstić information content (AvgIpc) is 3.14. The average molecular weight is 460 g/mol. The zero-order chi connectivity index (χ0) is 23.3. The first-order valence-corrected chi connectivity index (χ1v) is 12.6. The summed E-state index contributed by atoms with van der Waals surface area (Å²) >= 11 is 1.13. The molecular weight excluding hydrogens is 422 g/mol. The Labute approximate surface area is 196 Å². The highest BCUT2D eigenvalue weighted by Crippen LogP contribution is 2.37. The number of aliphatic carboxylic acids is 1. The lowest BCUT2D eigenvalue weighted by Gasteiger charge is -2.16. The summed E-state index contributed by atoms with van der Waals surface area (Å²) in [5.74, 6) is -1.51. The van der Waals surface area contributed by atoms with Crippen molar-refractivity contribution in [1.29, 1.82) is 0 Å². The molecule has 2 aromatic rings. The number of nitrogens with zero attached hydrogens (tertiary/aromatic N) is 2. The third kappa shape index (κ3) is 8.01. The Morgan fingerprint density at radius 2 is 1.62 bits per heavy atom. The lowest BCUT2D eigenvalue weighted by atomic mass is 9.98. The second kappa shape index (κ2) is 14.0. The van der Waals surface area contributed by atoms with Crippen LogP contribution in [-0.4, -0.2) is 26.5 Å². The normalized spacial score (nSPS) is 12.1. The van der Waals surface area contributed by atoms with Crippen molar-refractivity contribution in [1.82, 2.24) is 9.55 Å². The van der Waals surface area contributed by atoms with E-state index < -0.39 is 17.1 Å². The van der Waals surface area contributed by atoms with Gasteiger partial charge in [-0.2, -0.15) is 0 Å². The van der Waals surface area contributed by atoms with Crippen LogP contribution >= 0.6 is 11.8 Å². The Kier molecular flexibility index (Phi) is 11.4. The number of thioether (sulfide) groups is 1. The summed E-state index contributed by atoms with van der Waals surface area (Å²) in [4.78, 5) is 27.8. The summed E-state index contributed by atoms with van der Waals surface area (Å²) in [5, 5.41) is 9.58. The molecule has 7 heteroatoms. The van der Waals surface area contributed by atoms with Gasteiger partial charge >= 0.3 is 5.97 Å². The summed E-state index contributed by atoms with van der Waals surface area (Å²) in [7, 11) is 1.67. The SMILES string of the molecule is CCCCCCCCCCCCc1ccccc1C(Sc1ncc(C(N)=O)n1C)C(=O)O. The number of nitrogens with two attached hydrogens (primary N) is 1. The van der Waals surface area contributed by atoms with Crippen molar-refractivity contribution in [2.24, 2.45) is 12.8 Å². The molecule has 0 saturated carbocycles. The number of hydrogen-bond acceptors (Lipinski definition) is 4. The molecule has 1 amide bonds. The zero-order valence-electron chi connectivity index (χ0n) is 19.4. The summed E-state index contributed by atoms with van der Waals surface area (Å²) in [6.07, 6.45) is 15.0. The molecule has 6 nitrogen and oxygen atoms in total. The predicted molar refractivity (Wildman–Crippen MR) is 130 cm³/mol. The quantitative estimate of drug-likeness (QED) is 0.240. The maximum absolute atomic E-state index is 12.1. The topological polar surface area (TPSA) is 98.2 Å². The highest BCUT2D eigenvalue weighted by molar-refractivity contribution is 8.00. The van der Waals surface area contributed by atoms with Gasteiger partial charge in [0.2, 0.25) is 0 Å². The van der Waals surface area contributed by atoms with E-state index in [1.165, 1.54) is 57.6 Å². The number of carbonyl (C=O) groups is 2. The fourth-order valence-electron chi connectivity index (χ4n) is 3.90. The predicted octanol–water partition coefficient (Wildman–Crippen LogP) is 5.90. The molecule has 0 spiro atoms. The number of carbonyl (C=O) groups excluding carboxylic acids is 1. The highest BCUT2D eigenvalue weighted by Gasteiger charge is 2.26. The zero-order valence-corrected chi connectivity index (χ0v) is 20.2. The Morgan fingerprint density at radius 1 is 1.03 bits per heavy atom. The number of carboxylic acids is 1. The summed E-state index contributed by atoms with van der Waals surface area (Å²) in [5.41, 5.74) is 7.48. The second-order valence-electron chi connectivity index (χ2n) is 8.32. The van der Waals surface area contributed by atoms with E-state index in [0.717, 1.165) is 42.2 Å². The fraction of sp³-hybridized carbons (Fsp3) is 0.560. The Balaban J connectivity index is 1.91. The van der Waals surface area contributed by atoms with Crippen LogP contribution in [0.15, 0.2) is 35.6 Å². The number of hydrogen-bond donors (Lipinski definition) is 2. The molecule has 0 saturated heterocycles. The van der Waals surface area contributed by atoms with Gasteiger partial charge in [0.15, 0.2) is 5.16 Å². The number of aromatic nitrogens is 2. The van der Waals surface area contributed by atoms with E-state index in [2.05, 4.69) is 11.9 Å². The van der Waals surface area contributed by atoms with Gasteiger partial charge in [0, 0.05) is 7.05 Å². The molecule has 2 rings (SSSR count). The minimum Gasteiger partial charge on any atom is -0.480 e. The van der Waals surface area contributed by atoms with Gasteiger partial charge in [0.25, 0.3) is 5.91 Å². The Hall–Kier alpha value is -2.28. The summed E-state index contributed by atoms with van der Waals surface area (Å²) in [6, 6.07) is 7.74. The fourth-order valence-corrected chi connectivity index (χ4v) is 4.94. The maximum atomic E-state index is 12.1. The van der Waals surface area contributed by atoms with Crippen molar-refractivity contribution in [3.05, 3.63) is 47.3 Å². The van der Waals surface area contributed by atoms with Crippen LogP contribution in [0.2, 0.25) is 0 Å². The third-order valence-corrected chi connectivity index (χ3v) is 7.06. The number of primary amides is 1. The molecule has 0 aliphatic heterocycles. The number of carboxylic acid groups (broad SMARTS) is 1. The van der Waals surface area contributed by atoms with E-state index in [4.69, 9.17) is 5.73 Å². The van der Waals surface area contributed by atoms with Gasteiger partial charge in [-0.25, -0.2) is 4.98 Å². The third-order valence-electron chi connectivity index (χ3n) is 5.78.